The van der Waals surface area contributed by atoms with E-state index in [0.29, 0.717) is 23.8 Å². The van der Waals surface area contributed by atoms with Crippen molar-refractivity contribution in [3.8, 4) is 11.4 Å². The van der Waals surface area contributed by atoms with E-state index in [4.69, 9.17) is 4.74 Å². The van der Waals surface area contributed by atoms with E-state index in [0.717, 1.165) is 22.6 Å². The van der Waals surface area contributed by atoms with E-state index in [1.54, 1.807) is 30.2 Å². The van der Waals surface area contributed by atoms with Crippen LogP contribution in [0.15, 0.2) is 29.6 Å². The zero-order valence-corrected chi connectivity index (χ0v) is 13.8. The van der Waals surface area contributed by atoms with E-state index in [1.807, 2.05) is 18.2 Å². The summed E-state index contributed by atoms with van der Waals surface area (Å²) in [6.45, 7) is 2.27. The third-order valence-electron chi connectivity index (χ3n) is 3.35. The van der Waals surface area contributed by atoms with Crippen molar-refractivity contribution in [3.63, 3.8) is 0 Å². The molecule has 0 bridgehead atoms. The van der Waals surface area contributed by atoms with Gasteiger partial charge < -0.3 is 10.1 Å². The SMILES string of the molecule is COc1ccc(NCc2csc([N+](=O)[O-])c2)cc1-n1nnnc1C. The summed E-state index contributed by atoms with van der Waals surface area (Å²) in [4.78, 5) is 10.3. The molecule has 1 N–H and O–H groups in total. The minimum absolute atomic E-state index is 0.131. The minimum atomic E-state index is -0.389. The lowest BCUT2D eigenvalue weighted by Gasteiger charge is -2.12. The van der Waals surface area contributed by atoms with Crippen molar-refractivity contribution in [2.24, 2.45) is 0 Å². The van der Waals surface area contributed by atoms with E-state index >= 15 is 0 Å². The number of hydrogen-bond acceptors (Lipinski definition) is 8. The molecule has 9 nitrogen and oxygen atoms in total. The molecule has 0 saturated heterocycles. The maximum Gasteiger partial charge on any atom is 0.324 e. The fourth-order valence-corrected chi connectivity index (χ4v) is 2.90. The predicted octanol–water partition coefficient (Wildman–Crippen LogP) is 2.56. The van der Waals surface area contributed by atoms with Gasteiger partial charge in [-0.15, -0.1) is 5.10 Å². The van der Waals surface area contributed by atoms with E-state index in [-0.39, 0.29) is 9.92 Å². The molecular weight excluding hydrogens is 332 g/mol. The first-order valence-corrected chi connectivity index (χ1v) is 7.85. The Balaban J connectivity index is 1.81. The van der Waals surface area contributed by atoms with E-state index in [2.05, 4.69) is 20.8 Å². The number of tetrazole rings is 1. The van der Waals surface area contributed by atoms with Gasteiger partial charge in [-0.25, -0.2) is 0 Å². The molecule has 0 radical (unpaired) electrons. The Hall–Kier alpha value is -3.01. The molecule has 3 rings (SSSR count). The third kappa shape index (κ3) is 3.18. The molecule has 1 aromatic carbocycles. The van der Waals surface area contributed by atoms with Crippen LogP contribution in [0, 0.1) is 17.0 Å². The molecule has 3 aromatic rings. The summed E-state index contributed by atoms with van der Waals surface area (Å²) >= 11 is 1.11. The van der Waals surface area contributed by atoms with Gasteiger partial charge in [-0.3, -0.25) is 10.1 Å². The number of nitrogens with one attached hydrogen (secondary N) is 1. The number of ether oxygens (including phenoxy) is 1. The van der Waals surface area contributed by atoms with Crippen LogP contribution in [0.5, 0.6) is 5.75 Å². The molecule has 0 aliphatic carbocycles. The van der Waals surface area contributed by atoms with E-state index < -0.39 is 0 Å². The number of anilines is 1. The van der Waals surface area contributed by atoms with Gasteiger partial charge >= 0.3 is 5.00 Å². The van der Waals surface area contributed by atoms with Crippen molar-refractivity contribution >= 4 is 22.0 Å². The first-order chi connectivity index (χ1) is 11.6. The van der Waals surface area contributed by atoms with Crippen LogP contribution in [0.3, 0.4) is 0 Å². The molecule has 124 valence electrons. The van der Waals surface area contributed by atoms with E-state index in [1.165, 1.54) is 0 Å². The maximum atomic E-state index is 10.7. The van der Waals surface area contributed by atoms with Crippen LogP contribution in [0.4, 0.5) is 10.7 Å². The Morgan fingerprint density at radius 1 is 1.42 bits per heavy atom. The first kappa shape index (κ1) is 15.9. The Bertz CT molecular complexity index is 875. The molecule has 0 unspecified atom stereocenters. The van der Waals surface area contributed by atoms with Crippen molar-refractivity contribution in [3.05, 3.63) is 51.1 Å². The number of methoxy groups -OCH3 is 1. The highest BCUT2D eigenvalue weighted by Gasteiger charge is 2.12. The number of rotatable bonds is 6. The topological polar surface area (TPSA) is 108 Å². The molecule has 0 atom stereocenters. The number of nitro groups is 1. The average molecular weight is 346 g/mol. The fraction of sp³-hybridized carbons (Fsp3) is 0.214. The molecule has 0 aliphatic rings. The highest BCUT2D eigenvalue weighted by atomic mass is 32.1. The second kappa shape index (κ2) is 6.62. The Morgan fingerprint density at radius 2 is 2.25 bits per heavy atom. The van der Waals surface area contributed by atoms with E-state index in [9.17, 15) is 10.1 Å². The number of aryl methyl sites for hydroxylation is 1. The normalized spacial score (nSPS) is 10.6. The number of aromatic nitrogens is 4. The molecule has 0 spiro atoms. The Morgan fingerprint density at radius 3 is 2.88 bits per heavy atom. The summed E-state index contributed by atoms with van der Waals surface area (Å²) in [5.41, 5.74) is 2.39. The van der Waals surface area contributed by atoms with Gasteiger partial charge in [0.25, 0.3) is 0 Å². The lowest BCUT2D eigenvalue weighted by molar-refractivity contribution is -0.380. The zero-order chi connectivity index (χ0) is 17.1. The number of nitrogens with zero attached hydrogens (tertiary/aromatic N) is 5. The number of hydrogen-bond donors (Lipinski definition) is 1. The monoisotopic (exact) mass is 346 g/mol. The summed E-state index contributed by atoms with van der Waals surface area (Å²) in [5, 5.41) is 27.3. The molecular formula is C14H14N6O3S. The molecule has 2 heterocycles. The van der Waals surface area contributed by atoms with Crippen LogP contribution in [-0.4, -0.2) is 32.2 Å². The average Bonchev–Trinajstić information content (AvgIpc) is 3.21. The smallest absolute Gasteiger partial charge is 0.324 e. The van der Waals surface area contributed by atoms with Crippen LogP contribution in [0.2, 0.25) is 0 Å². The zero-order valence-electron chi connectivity index (χ0n) is 13.0. The van der Waals surface area contributed by atoms with Crippen molar-refractivity contribution in [1.29, 1.82) is 0 Å². The van der Waals surface area contributed by atoms with Crippen molar-refractivity contribution in [1.82, 2.24) is 20.2 Å². The van der Waals surface area contributed by atoms with Gasteiger partial charge in [0.05, 0.1) is 12.0 Å². The quantitative estimate of drug-likeness (QED) is 0.540. The van der Waals surface area contributed by atoms with Gasteiger partial charge in [-0.1, -0.05) is 11.3 Å². The molecule has 0 amide bonds. The highest BCUT2D eigenvalue weighted by Crippen LogP contribution is 2.27. The largest absolute Gasteiger partial charge is 0.494 e. The van der Waals surface area contributed by atoms with Gasteiger partial charge in [0, 0.05) is 23.7 Å². The van der Waals surface area contributed by atoms with Gasteiger partial charge in [-0.05, 0) is 41.1 Å². The van der Waals surface area contributed by atoms with Crippen molar-refractivity contribution < 1.29 is 9.66 Å². The molecule has 24 heavy (non-hydrogen) atoms. The van der Waals surface area contributed by atoms with Crippen LogP contribution >= 0.6 is 11.3 Å². The molecule has 10 heteroatoms. The van der Waals surface area contributed by atoms with Gasteiger partial charge in [0.2, 0.25) is 0 Å². The van der Waals surface area contributed by atoms with Gasteiger partial charge in [0.1, 0.15) is 11.4 Å². The second-order valence-electron chi connectivity index (χ2n) is 4.93. The molecule has 2 aromatic heterocycles. The first-order valence-electron chi connectivity index (χ1n) is 6.97. The summed E-state index contributed by atoms with van der Waals surface area (Å²) < 4.78 is 6.94. The molecule has 0 saturated carbocycles. The van der Waals surface area contributed by atoms with Crippen LogP contribution in [-0.2, 0) is 6.54 Å². The van der Waals surface area contributed by atoms with Gasteiger partial charge in [-0.2, -0.15) is 4.68 Å². The molecule has 0 aliphatic heterocycles. The van der Waals surface area contributed by atoms with Crippen LogP contribution in [0.1, 0.15) is 11.4 Å². The summed E-state index contributed by atoms with van der Waals surface area (Å²) in [6, 6.07) is 7.11. The number of thiophene rings is 1. The van der Waals surface area contributed by atoms with Crippen molar-refractivity contribution in [2.45, 2.75) is 13.5 Å². The summed E-state index contributed by atoms with van der Waals surface area (Å²) in [7, 11) is 1.58. The minimum Gasteiger partial charge on any atom is -0.494 e. The standard InChI is InChI=1S/C14H14N6O3S/c1-9-16-17-18-19(9)12-6-11(3-4-13(12)23-2)15-7-10-5-14(20(21)22)24-8-10/h3-6,8,15H,7H2,1-2H3. The lowest BCUT2D eigenvalue weighted by Crippen LogP contribution is -2.04. The maximum absolute atomic E-state index is 10.7. The van der Waals surface area contributed by atoms with Gasteiger partial charge in [0.15, 0.2) is 5.82 Å². The molecule has 0 fully saturated rings. The summed E-state index contributed by atoms with van der Waals surface area (Å²) in [6.07, 6.45) is 0. The second-order valence-corrected chi connectivity index (χ2v) is 5.82. The van der Waals surface area contributed by atoms with Crippen LogP contribution < -0.4 is 10.1 Å². The lowest BCUT2D eigenvalue weighted by atomic mass is 10.2. The summed E-state index contributed by atoms with van der Waals surface area (Å²) in [5.74, 6) is 1.28. The number of benzene rings is 1. The Labute approximate surface area is 141 Å². The fourth-order valence-electron chi connectivity index (χ4n) is 2.18. The van der Waals surface area contributed by atoms with Crippen molar-refractivity contribution in [2.75, 3.05) is 12.4 Å². The third-order valence-corrected chi connectivity index (χ3v) is 4.28. The predicted molar refractivity (Wildman–Crippen MR) is 88.7 cm³/mol. The Kier molecular flexibility index (Phi) is 4.38. The highest BCUT2D eigenvalue weighted by molar-refractivity contribution is 7.13. The van der Waals surface area contributed by atoms with Crippen LogP contribution in [0.25, 0.3) is 5.69 Å².